The van der Waals surface area contributed by atoms with E-state index in [1.165, 1.54) is 31.4 Å². The van der Waals surface area contributed by atoms with Crippen LogP contribution in [0.4, 0.5) is 0 Å². The Kier molecular flexibility index (Phi) is 3.21. The van der Waals surface area contributed by atoms with Gasteiger partial charge in [-0.15, -0.1) is 0 Å². The third-order valence-electron chi connectivity index (χ3n) is 2.85. The monoisotopic (exact) mass is 246 g/mol. The summed E-state index contributed by atoms with van der Waals surface area (Å²) >= 11 is 0. The van der Waals surface area contributed by atoms with Crippen molar-refractivity contribution in [1.29, 1.82) is 0 Å². The lowest BCUT2D eigenvalue weighted by atomic mass is 9.89. The van der Waals surface area contributed by atoms with Crippen LogP contribution in [0.2, 0.25) is 0 Å². The van der Waals surface area contributed by atoms with Crippen LogP contribution in [0, 0.1) is 0 Å². The summed E-state index contributed by atoms with van der Waals surface area (Å²) in [6.07, 6.45) is 5.60. The average Bonchev–Trinajstić information content (AvgIpc) is 2.41. The number of methoxy groups -OCH3 is 2. The summed E-state index contributed by atoms with van der Waals surface area (Å²) < 4.78 is 10.3. The molecule has 4 heteroatoms. The summed E-state index contributed by atoms with van der Waals surface area (Å²) in [4.78, 5) is 11.1. The molecule has 1 aliphatic rings. The van der Waals surface area contributed by atoms with Gasteiger partial charge in [-0.25, -0.2) is 0 Å². The van der Waals surface area contributed by atoms with Crippen molar-refractivity contribution >= 4 is 5.78 Å². The molecule has 0 bridgehead atoms. The predicted octanol–water partition coefficient (Wildman–Crippen LogP) is 1.59. The van der Waals surface area contributed by atoms with Gasteiger partial charge in [-0.1, -0.05) is 6.07 Å². The molecule has 0 saturated heterocycles. The van der Waals surface area contributed by atoms with Crippen LogP contribution < -0.4 is 9.47 Å². The van der Waals surface area contributed by atoms with Gasteiger partial charge in [0.05, 0.1) is 14.2 Å². The van der Waals surface area contributed by atoms with Gasteiger partial charge in [-0.2, -0.15) is 0 Å². The number of benzene rings is 1. The van der Waals surface area contributed by atoms with E-state index in [1.54, 1.807) is 25.3 Å². The molecule has 1 aromatic rings. The van der Waals surface area contributed by atoms with E-state index < -0.39 is 5.60 Å². The first-order valence-electron chi connectivity index (χ1n) is 5.46. The smallest absolute Gasteiger partial charge is 0.178 e. The molecule has 0 aromatic heterocycles. The molecule has 0 radical (unpaired) electrons. The van der Waals surface area contributed by atoms with Crippen molar-refractivity contribution in [2.24, 2.45) is 0 Å². The molecule has 0 unspecified atom stereocenters. The second-order valence-corrected chi connectivity index (χ2v) is 3.96. The zero-order chi connectivity index (χ0) is 13.2. The first-order valence-corrected chi connectivity index (χ1v) is 5.46. The second kappa shape index (κ2) is 4.66. The van der Waals surface area contributed by atoms with Crippen molar-refractivity contribution in [3.8, 4) is 11.5 Å². The maximum atomic E-state index is 11.1. The van der Waals surface area contributed by atoms with Crippen molar-refractivity contribution < 1.29 is 19.4 Å². The molecule has 0 aliphatic heterocycles. The van der Waals surface area contributed by atoms with E-state index >= 15 is 0 Å². The molecule has 0 fully saturated rings. The molecular formula is C14H14O4. The topological polar surface area (TPSA) is 55.8 Å². The molecule has 1 aromatic carbocycles. The Balaban J connectivity index is 2.43. The predicted molar refractivity (Wildman–Crippen MR) is 66.7 cm³/mol. The molecule has 94 valence electrons. The summed E-state index contributed by atoms with van der Waals surface area (Å²) in [5.41, 5.74) is -0.673. The Morgan fingerprint density at radius 1 is 1.06 bits per heavy atom. The molecule has 0 saturated carbocycles. The molecule has 18 heavy (non-hydrogen) atoms. The average molecular weight is 246 g/mol. The van der Waals surface area contributed by atoms with Gasteiger partial charge in [0.2, 0.25) is 0 Å². The SMILES string of the molecule is COc1ccc(C2(O)C=CC(=O)C=C2)cc1OC. The molecule has 0 amide bonds. The van der Waals surface area contributed by atoms with Crippen LogP contribution in [0.15, 0.2) is 42.5 Å². The Morgan fingerprint density at radius 2 is 1.67 bits per heavy atom. The molecule has 2 rings (SSSR count). The maximum absolute atomic E-state index is 11.1. The molecular weight excluding hydrogens is 232 g/mol. The number of ether oxygens (including phenoxy) is 2. The van der Waals surface area contributed by atoms with Crippen molar-refractivity contribution in [3.05, 3.63) is 48.1 Å². The number of hydrogen-bond donors (Lipinski definition) is 1. The number of carbonyl (C=O) groups is 1. The summed E-state index contributed by atoms with van der Waals surface area (Å²) in [6.45, 7) is 0. The number of rotatable bonds is 3. The lowest BCUT2D eigenvalue weighted by molar-refractivity contribution is -0.110. The van der Waals surface area contributed by atoms with E-state index in [4.69, 9.17) is 9.47 Å². The Morgan fingerprint density at radius 3 is 2.22 bits per heavy atom. The summed E-state index contributed by atoms with van der Waals surface area (Å²) in [5, 5.41) is 10.4. The Labute approximate surface area is 105 Å². The Hall–Kier alpha value is -2.07. The van der Waals surface area contributed by atoms with Gasteiger partial charge >= 0.3 is 0 Å². The van der Waals surface area contributed by atoms with Crippen LogP contribution >= 0.6 is 0 Å². The van der Waals surface area contributed by atoms with Gasteiger partial charge in [0.1, 0.15) is 5.60 Å². The summed E-state index contributed by atoms with van der Waals surface area (Å²) in [6, 6.07) is 5.12. The number of carbonyl (C=O) groups excluding carboxylic acids is 1. The van der Waals surface area contributed by atoms with Gasteiger partial charge in [0.15, 0.2) is 17.3 Å². The van der Waals surface area contributed by atoms with Crippen LogP contribution in [0.25, 0.3) is 0 Å². The van der Waals surface area contributed by atoms with E-state index in [2.05, 4.69) is 0 Å². The maximum Gasteiger partial charge on any atom is 0.178 e. The first kappa shape index (κ1) is 12.4. The normalized spacial score (nSPS) is 16.7. The van der Waals surface area contributed by atoms with Crippen LogP contribution in [0.3, 0.4) is 0 Å². The molecule has 0 spiro atoms. The minimum atomic E-state index is -1.28. The van der Waals surface area contributed by atoms with Crippen molar-refractivity contribution in [2.75, 3.05) is 14.2 Å². The molecule has 1 N–H and O–H groups in total. The minimum absolute atomic E-state index is 0.139. The second-order valence-electron chi connectivity index (χ2n) is 3.96. The quantitative estimate of drug-likeness (QED) is 0.879. The number of allylic oxidation sites excluding steroid dienone is 2. The zero-order valence-electron chi connectivity index (χ0n) is 10.2. The fraction of sp³-hybridized carbons (Fsp3) is 0.214. The largest absolute Gasteiger partial charge is 0.493 e. The van der Waals surface area contributed by atoms with Crippen LogP contribution in [-0.2, 0) is 10.4 Å². The van der Waals surface area contributed by atoms with E-state index in [1.807, 2.05) is 0 Å². The van der Waals surface area contributed by atoms with Gasteiger partial charge in [0.25, 0.3) is 0 Å². The highest BCUT2D eigenvalue weighted by Gasteiger charge is 2.26. The number of hydrogen-bond acceptors (Lipinski definition) is 4. The molecule has 0 atom stereocenters. The summed E-state index contributed by atoms with van der Waals surface area (Å²) in [5.74, 6) is 0.979. The van der Waals surface area contributed by atoms with E-state index in [0.29, 0.717) is 17.1 Å². The van der Waals surface area contributed by atoms with Crippen LogP contribution in [-0.4, -0.2) is 25.1 Å². The molecule has 4 nitrogen and oxygen atoms in total. The standard InChI is InChI=1S/C14H14O4/c1-17-12-4-3-10(9-13(12)18-2)14(16)7-5-11(15)6-8-14/h3-9,16H,1-2H3. The van der Waals surface area contributed by atoms with E-state index in [0.717, 1.165) is 0 Å². The first-order chi connectivity index (χ1) is 8.59. The highest BCUT2D eigenvalue weighted by molar-refractivity contribution is 6.00. The van der Waals surface area contributed by atoms with E-state index in [-0.39, 0.29) is 5.78 Å². The van der Waals surface area contributed by atoms with E-state index in [9.17, 15) is 9.90 Å². The van der Waals surface area contributed by atoms with Crippen molar-refractivity contribution in [3.63, 3.8) is 0 Å². The van der Waals surface area contributed by atoms with Crippen LogP contribution in [0.1, 0.15) is 5.56 Å². The lowest BCUT2D eigenvalue weighted by Crippen LogP contribution is -2.22. The molecule has 1 aliphatic carbocycles. The van der Waals surface area contributed by atoms with Crippen molar-refractivity contribution in [2.45, 2.75) is 5.60 Å². The van der Waals surface area contributed by atoms with Gasteiger partial charge < -0.3 is 14.6 Å². The zero-order valence-corrected chi connectivity index (χ0v) is 10.2. The highest BCUT2D eigenvalue weighted by Crippen LogP contribution is 2.34. The fourth-order valence-corrected chi connectivity index (χ4v) is 1.81. The van der Waals surface area contributed by atoms with Crippen LogP contribution in [0.5, 0.6) is 11.5 Å². The Bertz CT molecular complexity index is 513. The third-order valence-corrected chi connectivity index (χ3v) is 2.85. The summed E-state index contributed by atoms with van der Waals surface area (Å²) in [7, 11) is 3.08. The van der Waals surface area contributed by atoms with Gasteiger partial charge in [-0.05, 0) is 42.0 Å². The lowest BCUT2D eigenvalue weighted by Gasteiger charge is -2.24. The van der Waals surface area contributed by atoms with Crippen molar-refractivity contribution in [1.82, 2.24) is 0 Å². The van der Waals surface area contributed by atoms with Gasteiger partial charge in [-0.3, -0.25) is 4.79 Å². The molecule has 0 heterocycles. The minimum Gasteiger partial charge on any atom is -0.493 e. The number of ketones is 1. The van der Waals surface area contributed by atoms with Gasteiger partial charge in [0, 0.05) is 0 Å². The third kappa shape index (κ3) is 2.15. The fourth-order valence-electron chi connectivity index (χ4n) is 1.81. The number of aliphatic hydroxyl groups is 1. The highest BCUT2D eigenvalue weighted by atomic mass is 16.5.